The first kappa shape index (κ1) is 12.7. The van der Waals surface area contributed by atoms with Crippen molar-refractivity contribution < 1.29 is 14.6 Å². The molecule has 1 aromatic carbocycles. The first-order chi connectivity index (χ1) is 7.36. The van der Waals surface area contributed by atoms with Crippen molar-refractivity contribution >= 4 is 5.97 Å². The number of rotatable bonds is 3. The lowest BCUT2D eigenvalue weighted by Crippen LogP contribution is -2.15. The zero-order valence-electron chi connectivity index (χ0n) is 10.2. The molecular formula is C13H18O3. The normalized spacial score (nSPS) is 13.5. The van der Waals surface area contributed by atoms with Crippen molar-refractivity contribution in [3.05, 3.63) is 35.4 Å². The van der Waals surface area contributed by atoms with Crippen LogP contribution < -0.4 is 0 Å². The molecule has 1 unspecified atom stereocenters. The van der Waals surface area contributed by atoms with Crippen LogP contribution >= 0.6 is 0 Å². The average Bonchev–Trinajstić information content (AvgIpc) is 2.17. The summed E-state index contributed by atoms with van der Waals surface area (Å²) in [7, 11) is 1.40. The van der Waals surface area contributed by atoms with Gasteiger partial charge in [-0.2, -0.15) is 0 Å². The van der Waals surface area contributed by atoms with E-state index in [0.717, 1.165) is 0 Å². The van der Waals surface area contributed by atoms with Gasteiger partial charge in [0.25, 0.3) is 0 Å². The molecule has 0 aliphatic heterocycles. The van der Waals surface area contributed by atoms with Gasteiger partial charge in [0.15, 0.2) is 6.10 Å². The van der Waals surface area contributed by atoms with Crippen LogP contribution in [0.15, 0.2) is 24.3 Å². The Morgan fingerprint density at radius 1 is 1.25 bits per heavy atom. The van der Waals surface area contributed by atoms with Gasteiger partial charge in [0.2, 0.25) is 0 Å². The number of carbonyl (C=O) groups is 1. The Balaban J connectivity index is 2.98. The van der Waals surface area contributed by atoms with Crippen molar-refractivity contribution in [3.8, 4) is 0 Å². The smallest absolute Gasteiger partial charge is 0.337 e. The molecule has 0 aliphatic carbocycles. The standard InChI is InChI=1S/C13H18O3/c1-13(2,3)10-7-5-9(6-8-10)11(16-4)12(14)15/h5-8,11H,1-4H3,(H,14,15). The largest absolute Gasteiger partial charge is 0.479 e. The molecule has 3 heteroatoms. The minimum Gasteiger partial charge on any atom is -0.479 e. The fraction of sp³-hybridized carbons (Fsp3) is 0.462. The third-order valence-corrected chi connectivity index (χ3v) is 2.54. The van der Waals surface area contributed by atoms with Crippen LogP contribution in [-0.4, -0.2) is 18.2 Å². The Bertz CT molecular complexity index is 360. The molecule has 3 nitrogen and oxygen atoms in total. The van der Waals surface area contributed by atoms with Crippen LogP contribution in [-0.2, 0) is 14.9 Å². The molecule has 0 aromatic heterocycles. The third-order valence-electron chi connectivity index (χ3n) is 2.54. The number of benzene rings is 1. The quantitative estimate of drug-likeness (QED) is 0.855. The van der Waals surface area contributed by atoms with E-state index in [0.29, 0.717) is 5.56 Å². The maximum Gasteiger partial charge on any atom is 0.337 e. The zero-order chi connectivity index (χ0) is 12.3. The van der Waals surface area contributed by atoms with Gasteiger partial charge in [-0.25, -0.2) is 4.79 Å². The molecule has 1 aromatic rings. The lowest BCUT2D eigenvalue weighted by atomic mass is 9.86. The summed E-state index contributed by atoms with van der Waals surface area (Å²) >= 11 is 0. The van der Waals surface area contributed by atoms with Gasteiger partial charge in [0, 0.05) is 7.11 Å². The Morgan fingerprint density at radius 2 is 1.75 bits per heavy atom. The zero-order valence-corrected chi connectivity index (χ0v) is 10.2. The lowest BCUT2D eigenvalue weighted by molar-refractivity contribution is -0.148. The second kappa shape index (κ2) is 4.66. The summed E-state index contributed by atoms with van der Waals surface area (Å²) in [5, 5.41) is 8.93. The van der Waals surface area contributed by atoms with E-state index in [1.807, 2.05) is 24.3 Å². The third kappa shape index (κ3) is 2.83. The summed E-state index contributed by atoms with van der Waals surface area (Å²) < 4.78 is 4.92. The molecule has 1 N–H and O–H groups in total. The van der Waals surface area contributed by atoms with Crippen molar-refractivity contribution in [2.24, 2.45) is 0 Å². The first-order valence-corrected chi connectivity index (χ1v) is 5.22. The van der Waals surface area contributed by atoms with E-state index in [1.165, 1.54) is 12.7 Å². The van der Waals surface area contributed by atoms with Gasteiger partial charge in [-0.1, -0.05) is 45.0 Å². The van der Waals surface area contributed by atoms with Crippen LogP contribution in [0.3, 0.4) is 0 Å². The van der Waals surface area contributed by atoms with E-state index in [-0.39, 0.29) is 5.41 Å². The number of hydrogen-bond acceptors (Lipinski definition) is 2. The molecule has 0 fully saturated rings. The lowest BCUT2D eigenvalue weighted by Gasteiger charge is -2.20. The highest BCUT2D eigenvalue weighted by Crippen LogP contribution is 2.24. The fourth-order valence-electron chi connectivity index (χ4n) is 1.54. The molecule has 0 amide bonds. The number of hydrogen-bond donors (Lipinski definition) is 1. The van der Waals surface area contributed by atoms with Crippen LogP contribution in [0.5, 0.6) is 0 Å². The second-order valence-corrected chi connectivity index (χ2v) is 4.83. The van der Waals surface area contributed by atoms with E-state index in [2.05, 4.69) is 20.8 Å². The Hall–Kier alpha value is -1.35. The van der Waals surface area contributed by atoms with Crippen molar-refractivity contribution in [1.29, 1.82) is 0 Å². The summed E-state index contributed by atoms with van der Waals surface area (Å²) in [5.41, 5.74) is 1.92. The van der Waals surface area contributed by atoms with Crippen LogP contribution in [0.2, 0.25) is 0 Å². The molecular weight excluding hydrogens is 204 g/mol. The maximum atomic E-state index is 10.9. The predicted molar refractivity (Wildman–Crippen MR) is 62.5 cm³/mol. The SMILES string of the molecule is COC(C(=O)O)c1ccc(C(C)(C)C)cc1. The van der Waals surface area contributed by atoms with Crippen LogP contribution in [0.25, 0.3) is 0 Å². The molecule has 0 radical (unpaired) electrons. The molecule has 1 rings (SSSR count). The van der Waals surface area contributed by atoms with Gasteiger partial charge in [0.1, 0.15) is 0 Å². The molecule has 1 atom stereocenters. The summed E-state index contributed by atoms with van der Waals surface area (Å²) in [4.78, 5) is 10.9. The van der Waals surface area contributed by atoms with Crippen LogP contribution in [0, 0.1) is 0 Å². The molecule has 0 aliphatic rings. The number of methoxy groups -OCH3 is 1. The van der Waals surface area contributed by atoms with Gasteiger partial charge in [0.05, 0.1) is 0 Å². The molecule has 88 valence electrons. The monoisotopic (exact) mass is 222 g/mol. The first-order valence-electron chi connectivity index (χ1n) is 5.22. The Morgan fingerprint density at radius 3 is 2.06 bits per heavy atom. The molecule has 0 spiro atoms. The summed E-state index contributed by atoms with van der Waals surface area (Å²) in [5.74, 6) is -0.967. The van der Waals surface area contributed by atoms with E-state index in [1.54, 1.807) is 0 Å². The van der Waals surface area contributed by atoms with E-state index < -0.39 is 12.1 Å². The summed E-state index contributed by atoms with van der Waals surface area (Å²) in [6.45, 7) is 6.35. The van der Waals surface area contributed by atoms with Crippen LogP contribution in [0.1, 0.15) is 38.0 Å². The minimum atomic E-state index is -0.967. The van der Waals surface area contributed by atoms with Gasteiger partial charge < -0.3 is 9.84 Å². The molecule has 0 saturated carbocycles. The summed E-state index contributed by atoms with van der Waals surface area (Å²) in [6.07, 6.45) is -0.881. The molecule has 16 heavy (non-hydrogen) atoms. The number of ether oxygens (including phenoxy) is 1. The predicted octanol–water partition coefficient (Wildman–Crippen LogP) is 2.76. The topological polar surface area (TPSA) is 46.5 Å². The van der Waals surface area contributed by atoms with Crippen molar-refractivity contribution in [2.75, 3.05) is 7.11 Å². The number of carboxylic acid groups (broad SMARTS) is 1. The minimum absolute atomic E-state index is 0.0737. The van der Waals surface area contributed by atoms with Crippen molar-refractivity contribution in [1.82, 2.24) is 0 Å². The highest BCUT2D eigenvalue weighted by molar-refractivity contribution is 5.74. The highest BCUT2D eigenvalue weighted by atomic mass is 16.5. The molecule has 0 bridgehead atoms. The number of aliphatic carboxylic acids is 1. The second-order valence-electron chi connectivity index (χ2n) is 4.83. The molecule has 0 heterocycles. The van der Waals surface area contributed by atoms with Crippen LogP contribution in [0.4, 0.5) is 0 Å². The van der Waals surface area contributed by atoms with Gasteiger partial charge in [-0.15, -0.1) is 0 Å². The Kier molecular flexibility index (Phi) is 3.70. The fourth-order valence-corrected chi connectivity index (χ4v) is 1.54. The van der Waals surface area contributed by atoms with E-state index in [4.69, 9.17) is 9.84 Å². The van der Waals surface area contributed by atoms with Crippen molar-refractivity contribution in [2.45, 2.75) is 32.3 Å². The highest BCUT2D eigenvalue weighted by Gasteiger charge is 2.20. The van der Waals surface area contributed by atoms with E-state index in [9.17, 15) is 4.79 Å². The van der Waals surface area contributed by atoms with Crippen molar-refractivity contribution in [3.63, 3.8) is 0 Å². The maximum absolute atomic E-state index is 10.9. The van der Waals surface area contributed by atoms with E-state index >= 15 is 0 Å². The number of carboxylic acids is 1. The van der Waals surface area contributed by atoms with Gasteiger partial charge in [-0.05, 0) is 16.5 Å². The molecule has 0 saturated heterocycles. The van der Waals surface area contributed by atoms with Gasteiger partial charge in [-0.3, -0.25) is 0 Å². The summed E-state index contributed by atoms with van der Waals surface area (Å²) in [6, 6.07) is 7.51. The Labute approximate surface area is 96.1 Å². The average molecular weight is 222 g/mol. The van der Waals surface area contributed by atoms with Gasteiger partial charge >= 0.3 is 5.97 Å².